The molecule has 0 aromatic heterocycles. The number of anilines is 1. The second-order valence-corrected chi connectivity index (χ2v) is 13.5. The number of hydrogen-bond donors (Lipinski definition) is 1. The molecule has 0 aliphatic carbocycles. The SMILES string of the molecule is CC1(OC(=O)Nc2ccccc2-c2ccccc2)CCN(CCCCCCCCN2CCC(C(C#N)c3ccccc3)CC2)CC1. The van der Waals surface area contributed by atoms with E-state index in [1.165, 1.54) is 50.6 Å². The molecule has 0 bridgehead atoms. The predicted octanol–water partition coefficient (Wildman–Crippen LogP) is 9.12. The molecule has 6 nitrogen and oxygen atoms in total. The van der Waals surface area contributed by atoms with Gasteiger partial charge in [0.15, 0.2) is 0 Å². The number of ether oxygens (including phenoxy) is 1. The zero-order valence-corrected chi connectivity index (χ0v) is 27.7. The number of nitrogens with one attached hydrogen (secondary N) is 1. The number of unbranched alkanes of at least 4 members (excludes halogenated alkanes) is 5. The van der Waals surface area contributed by atoms with Crippen LogP contribution in [0.2, 0.25) is 0 Å². The Kier molecular flexibility index (Phi) is 12.7. The van der Waals surface area contributed by atoms with Crippen LogP contribution in [0, 0.1) is 17.2 Å². The van der Waals surface area contributed by atoms with Gasteiger partial charge in [-0.3, -0.25) is 5.32 Å². The third kappa shape index (κ3) is 9.92. The predicted molar refractivity (Wildman–Crippen MR) is 188 cm³/mol. The van der Waals surface area contributed by atoms with Crippen LogP contribution >= 0.6 is 0 Å². The maximum absolute atomic E-state index is 12.9. The summed E-state index contributed by atoms with van der Waals surface area (Å²) in [7, 11) is 0. The number of carbonyl (C=O) groups is 1. The third-order valence-corrected chi connectivity index (χ3v) is 10.1. The van der Waals surface area contributed by atoms with Crippen molar-refractivity contribution in [2.45, 2.75) is 82.7 Å². The molecule has 5 rings (SSSR count). The fourth-order valence-corrected chi connectivity index (χ4v) is 7.17. The summed E-state index contributed by atoms with van der Waals surface area (Å²) in [5.74, 6) is 0.518. The second kappa shape index (κ2) is 17.3. The summed E-state index contributed by atoms with van der Waals surface area (Å²) in [6.07, 6.45) is 11.3. The minimum atomic E-state index is -0.434. The average Bonchev–Trinajstić information content (AvgIpc) is 3.09. The first kappa shape index (κ1) is 33.7. The number of benzene rings is 3. The van der Waals surface area contributed by atoms with Crippen LogP contribution in [0.15, 0.2) is 84.9 Å². The minimum Gasteiger partial charge on any atom is -0.443 e. The molecule has 3 aromatic carbocycles. The number of nitriles is 1. The first-order valence-electron chi connectivity index (χ1n) is 17.6. The highest BCUT2D eigenvalue weighted by Crippen LogP contribution is 2.33. The molecule has 1 N–H and O–H groups in total. The monoisotopic (exact) mass is 620 g/mol. The lowest BCUT2D eigenvalue weighted by Crippen LogP contribution is -2.46. The van der Waals surface area contributed by atoms with Gasteiger partial charge in [0.2, 0.25) is 0 Å². The molecule has 0 spiro atoms. The average molecular weight is 621 g/mol. The number of hydrogen-bond acceptors (Lipinski definition) is 5. The van der Waals surface area contributed by atoms with E-state index >= 15 is 0 Å². The summed E-state index contributed by atoms with van der Waals surface area (Å²) in [6, 6.07) is 30.9. The van der Waals surface area contributed by atoms with Gasteiger partial charge in [-0.15, -0.1) is 0 Å². The van der Waals surface area contributed by atoms with Crippen molar-refractivity contribution in [1.29, 1.82) is 5.26 Å². The maximum Gasteiger partial charge on any atom is 0.412 e. The topological polar surface area (TPSA) is 68.6 Å². The molecule has 1 atom stereocenters. The molecule has 3 aromatic rings. The van der Waals surface area contributed by atoms with Gasteiger partial charge in [0.05, 0.1) is 17.7 Å². The molecule has 244 valence electrons. The highest BCUT2D eigenvalue weighted by molar-refractivity contribution is 5.91. The van der Waals surface area contributed by atoms with Crippen molar-refractivity contribution in [3.8, 4) is 17.2 Å². The van der Waals surface area contributed by atoms with Gasteiger partial charge < -0.3 is 14.5 Å². The molecular weight excluding hydrogens is 568 g/mol. The van der Waals surface area contributed by atoms with Gasteiger partial charge in [-0.05, 0) is 94.7 Å². The van der Waals surface area contributed by atoms with Gasteiger partial charge in [0.1, 0.15) is 5.60 Å². The smallest absolute Gasteiger partial charge is 0.412 e. The summed E-state index contributed by atoms with van der Waals surface area (Å²) in [5, 5.41) is 12.8. The van der Waals surface area contributed by atoms with E-state index in [4.69, 9.17) is 4.74 Å². The first-order valence-corrected chi connectivity index (χ1v) is 17.6. The van der Waals surface area contributed by atoms with E-state index in [0.717, 1.165) is 75.2 Å². The molecule has 1 amide bonds. The normalized spacial score (nSPS) is 18.0. The molecule has 2 aliphatic rings. The number of rotatable bonds is 14. The van der Waals surface area contributed by atoms with E-state index in [2.05, 4.69) is 52.4 Å². The molecule has 2 aliphatic heterocycles. The van der Waals surface area contributed by atoms with Crippen molar-refractivity contribution >= 4 is 11.8 Å². The fourth-order valence-electron chi connectivity index (χ4n) is 7.17. The Hall–Kier alpha value is -3.66. The summed E-state index contributed by atoms with van der Waals surface area (Å²) >= 11 is 0. The van der Waals surface area contributed by atoms with Crippen LogP contribution in [0.1, 0.15) is 82.6 Å². The number of piperidine rings is 2. The highest BCUT2D eigenvalue weighted by Gasteiger charge is 2.34. The summed E-state index contributed by atoms with van der Waals surface area (Å²) in [6.45, 7) is 8.60. The Balaban J connectivity index is 0.899. The van der Waals surface area contributed by atoms with E-state index in [1.807, 2.05) is 60.7 Å². The molecule has 0 radical (unpaired) electrons. The van der Waals surface area contributed by atoms with Crippen LogP contribution < -0.4 is 5.32 Å². The molecule has 2 fully saturated rings. The van der Waals surface area contributed by atoms with Crippen LogP contribution in [0.3, 0.4) is 0 Å². The van der Waals surface area contributed by atoms with Crippen LogP contribution in [0.5, 0.6) is 0 Å². The van der Waals surface area contributed by atoms with Gasteiger partial charge in [-0.25, -0.2) is 4.79 Å². The number of carbonyl (C=O) groups excluding carboxylic acids is 1. The number of likely N-dealkylation sites (tertiary alicyclic amines) is 2. The van der Waals surface area contributed by atoms with Crippen molar-refractivity contribution in [3.63, 3.8) is 0 Å². The van der Waals surface area contributed by atoms with Crippen LogP contribution in [-0.4, -0.2) is 60.8 Å². The van der Waals surface area contributed by atoms with Crippen molar-refractivity contribution in [2.24, 2.45) is 5.92 Å². The van der Waals surface area contributed by atoms with Crippen molar-refractivity contribution in [2.75, 3.05) is 44.6 Å². The first-order chi connectivity index (χ1) is 22.5. The molecule has 0 saturated carbocycles. The Labute approximate surface area is 276 Å². The van der Waals surface area contributed by atoms with Crippen molar-refractivity contribution in [3.05, 3.63) is 90.5 Å². The molecule has 6 heteroatoms. The standard InChI is InChI=1S/C40H52N4O2/c1-40(46-39(45)42-38-21-13-12-20-36(38)33-16-8-6-9-17-33)24-30-44(31-25-40)27-15-5-3-2-4-14-26-43-28-22-35(23-29-43)37(32-41)34-18-10-7-11-19-34/h6-13,16-21,35,37H,2-5,14-15,22-31H2,1H3,(H,42,45). The maximum atomic E-state index is 12.9. The Bertz CT molecular complexity index is 1370. The van der Waals surface area contributed by atoms with Crippen LogP contribution in [0.4, 0.5) is 10.5 Å². The van der Waals surface area contributed by atoms with E-state index < -0.39 is 5.60 Å². The zero-order chi connectivity index (χ0) is 32.0. The van der Waals surface area contributed by atoms with Gasteiger partial charge in [0, 0.05) is 18.7 Å². The lowest BCUT2D eigenvalue weighted by atomic mass is 9.81. The molecule has 1 unspecified atom stereocenters. The summed E-state index contributed by atoms with van der Waals surface area (Å²) in [4.78, 5) is 18.0. The van der Waals surface area contributed by atoms with Crippen molar-refractivity contribution in [1.82, 2.24) is 9.80 Å². The Morgan fingerprint density at radius 2 is 1.35 bits per heavy atom. The van der Waals surface area contributed by atoms with E-state index in [1.54, 1.807) is 0 Å². The summed E-state index contributed by atoms with van der Waals surface area (Å²) in [5.41, 5.74) is 3.58. The zero-order valence-electron chi connectivity index (χ0n) is 27.7. The summed E-state index contributed by atoms with van der Waals surface area (Å²) < 4.78 is 5.99. The highest BCUT2D eigenvalue weighted by atomic mass is 16.6. The van der Waals surface area contributed by atoms with Gasteiger partial charge in [-0.2, -0.15) is 5.26 Å². The van der Waals surface area contributed by atoms with E-state index in [-0.39, 0.29) is 12.0 Å². The number of para-hydroxylation sites is 1. The molecule has 2 saturated heterocycles. The van der Waals surface area contributed by atoms with E-state index in [0.29, 0.717) is 5.92 Å². The lowest BCUT2D eigenvalue weighted by Gasteiger charge is -2.38. The van der Waals surface area contributed by atoms with Gasteiger partial charge in [-0.1, -0.05) is 105 Å². The molecule has 46 heavy (non-hydrogen) atoms. The van der Waals surface area contributed by atoms with Crippen LogP contribution in [-0.2, 0) is 4.74 Å². The Morgan fingerprint density at radius 3 is 1.98 bits per heavy atom. The van der Waals surface area contributed by atoms with E-state index in [9.17, 15) is 10.1 Å². The second-order valence-electron chi connectivity index (χ2n) is 13.5. The molecular formula is C40H52N4O2. The van der Waals surface area contributed by atoms with Gasteiger partial charge in [0.25, 0.3) is 0 Å². The minimum absolute atomic E-state index is 0.0340. The third-order valence-electron chi connectivity index (χ3n) is 10.1. The van der Waals surface area contributed by atoms with Gasteiger partial charge >= 0.3 is 6.09 Å². The number of nitrogens with zero attached hydrogens (tertiary/aromatic N) is 3. The number of amides is 1. The lowest BCUT2D eigenvalue weighted by molar-refractivity contribution is -0.0163. The fraction of sp³-hybridized carbons (Fsp3) is 0.500. The Morgan fingerprint density at radius 1 is 0.804 bits per heavy atom. The largest absolute Gasteiger partial charge is 0.443 e. The molecule has 2 heterocycles. The van der Waals surface area contributed by atoms with Crippen LogP contribution in [0.25, 0.3) is 11.1 Å². The quantitative estimate of drug-likeness (QED) is 0.182. The van der Waals surface area contributed by atoms with Crippen molar-refractivity contribution < 1.29 is 9.53 Å².